The van der Waals surface area contributed by atoms with E-state index in [0.29, 0.717) is 12.3 Å². The molecule has 2 N–H and O–H groups in total. The van der Waals surface area contributed by atoms with Crippen molar-refractivity contribution in [3.63, 3.8) is 0 Å². The van der Waals surface area contributed by atoms with E-state index in [0.717, 1.165) is 31.4 Å². The summed E-state index contributed by atoms with van der Waals surface area (Å²) < 4.78 is 26.9. The fourth-order valence-electron chi connectivity index (χ4n) is 4.89. The third-order valence-electron chi connectivity index (χ3n) is 6.59. The van der Waals surface area contributed by atoms with Crippen molar-refractivity contribution in [2.75, 3.05) is 26.7 Å². The van der Waals surface area contributed by atoms with Crippen molar-refractivity contribution >= 4 is 11.8 Å². The number of nitrogens with two attached hydrogens (primary N) is 1. The number of rotatable bonds is 3. The highest BCUT2D eigenvalue weighted by Gasteiger charge is 2.43. The maximum Gasteiger partial charge on any atom is 0.267 e. The Labute approximate surface area is 163 Å². The number of benzene rings is 1. The van der Waals surface area contributed by atoms with Crippen LogP contribution in [0.25, 0.3) is 0 Å². The maximum atomic E-state index is 13.4. The van der Waals surface area contributed by atoms with Crippen molar-refractivity contribution in [2.24, 2.45) is 5.73 Å². The number of nitrogens with zero attached hydrogens (tertiary/aromatic N) is 2. The number of alkyl halides is 2. The Morgan fingerprint density at radius 1 is 1.29 bits per heavy atom. The van der Waals surface area contributed by atoms with Crippen molar-refractivity contribution in [3.05, 3.63) is 34.9 Å². The number of hydrogen-bond acceptors (Lipinski definition) is 3. The van der Waals surface area contributed by atoms with Crippen LogP contribution in [0.1, 0.15) is 54.2 Å². The Kier molecular flexibility index (Phi) is 4.89. The van der Waals surface area contributed by atoms with E-state index in [1.165, 1.54) is 16.0 Å². The summed E-state index contributed by atoms with van der Waals surface area (Å²) in [6.07, 6.45) is 2.74. The van der Waals surface area contributed by atoms with Gasteiger partial charge in [0.25, 0.3) is 5.92 Å². The first-order chi connectivity index (χ1) is 13.2. The van der Waals surface area contributed by atoms with Crippen molar-refractivity contribution in [2.45, 2.75) is 55.9 Å². The van der Waals surface area contributed by atoms with Crippen molar-refractivity contribution < 1.29 is 18.4 Å². The zero-order valence-corrected chi connectivity index (χ0v) is 16.2. The molecule has 2 heterocycles. The van der Waals surface area contributed by atoms with Crippen LogP contribution < -0.4 is 5.73 Å². The minimum atomic E-state index is -2.80. The molecular weight excluding hydrogens is 364 g/mol. The van der Waals surface area contributed by atoms with E-state index in [4.69, 9.17) is 5.73 Å². The Bertz CT molecular complexity index is 798. The predicted octanol–water partition coefficient (Wildman–Crippen LogP) is 2.25. The molecule has 1 unspecified atom stereocenters. The first-order valence-corrected chi connectivity index (χ1v) is 10.0. The van der Waals surface area contributed by atoms with E-state index in [-0.39, 0.29) is 30.7 Å². The SMILES string of the molecule is CN1CC(c2ccc3c(c2)CC[C@@H]3[C@H](N)C(=O)N2CCC(F)(F)C2)CCC1=O. The molecule has 3 aliphatic rings. The lowest BCUT2D eigenvalue weighted by Crippen LogP contribution is -2.46. The topological polar surface area (TPSA) is 66.6 Å². The number of aryl methyl sites for hydroxylation is 1. The molecule has 1 aromatic carbocycles. The summed E-state index contributed by atoms with van der Waals surface area (Å²) in [6, 6.07) is 5.53. The normalized spacial score (nSPS) is 27.8. The number of likely N-dealkylation sites (N-methyl/N-ethyl adjacent to an activating group) is 1. The van der Waals surface area contributed by atoms with E-state index < -0.39 is 18.5 Å². The average Bonchev–Trinajstić information content (AvgIpc) is 3.25. The maximum absolute atomic E-state index is 13.4. The highest BCUT2D eigenvalue weighted by Crippen LogP contribution is 2.39. The zero-order chi connectivity index (χ0) is 20.1. The molecule has 0 spiro atoms. The van der Waals surface area contributed by atoms with Gasteiger partial charge in [0.1, 0.15) is 0 Å². The third kappa shape index (κ3) is 3.52. The molecular formula is C21H27F2N3O2. The summed E-state index contributed by atoms with van der Waals surface area (Å²) in [7, 11) is 1.84. The molecule has 0 saturated carbocycles. The lowest BCUT2D eigenvalue weighted by Gasteiger charge is -2.30. The van der Waals surface area contributed by atoms with Crippen LogP contribution in [-0.4, -0.2) is 60.3 Å². The van der Waals surface area contributed by atoms with Crippen LogP contribution in [0.15, 0.2) is 18.2 Å². The Morgan fingerprint density at radius 2 is 2.07 bits per heavy atom. The summed E-state index contributed by atoms with van der Waals surface area (Å²) in [6.45, 7) is 0.278. The van der Waals surface area contributed by atoms with E-state index in [2.05, 4.69) is 12.1 Å². The summed E-state index contributed by atoms with van der Waals surface area (Å²) in [5, 5.41) is 0. The van der Waals surface area contributed by atoms with E-state index >= 15 is 0 Å². The minimum Gasteiger partial charge on any atom is -0.345 e. The Balaban J connectivity index is 1.47. The van der Waals surface area contributed by atoms with Gasteiger partial charge in [-0.15, -0.1) is 0 Å². The predicted molar refractivity (Wildman–Crippen MR) is 101 cm³/mol. The molecule has 0 radical (unpaired) electrons. The third-order valence-corrected chi connectivity index (χ3v) is 6.59. The van der Waals surface area contributed by atoms with Gasteiger partial charge in [-0.1, -0.05) is 18.2 Å². The molecule has 5 nitrogen and oxygen atoms in total. The number of carbonyl (C=O) groups is 2. The molecule has 7 heteroatoms. The number of halogens is 2. The molecule has 2 aliphatic heterocycles. The second-order valence-corrected chi connectivity index (χ2v) is 8.50. The van der Waals surface area contributed by atoms with E-state index in [1.807, 2.05) is 13.1 Å². The number of carbonyl (C=O) groups excluding carboxylic acids is 2. The molecule has 2 saturated heterocycles. The van der Waals surface area contributed by atoms with Crippen LogP contribution in [0.2, 0.25) is 0 Å². The highest BCUT2D eigenvalue weighted by molar-refractivity contribution is 5.83. The lowest BCUT2D eigenvalue weighted by molar-refractivity contribution is -0.133. The van der Waals surface area contributed by atoms with Gasteiger partial charge in [-0.05, 0) is 36.0 Å². The summed E-state index contributed by atoms with van der Waals surface area (Å²) in [5.74, 6) is -2.77. The highest BCUT2D eigenvalue weighted by atomic mass is 19.3. The molecule has 0 aromatic heterocycles. The van der Waals surface area contributed by atoms with Crippen LogP contribution >= 0.6 is 0 Å². The van der Waals surface area contributed by atoms with Crippen molar-refractivity contribution in [1.82, 2.24) is 9.80 Å². The smallest absolute Gasteiger partial charge is 0.267 e. The van der Waals surface area contributed by atoms with Crippen LogP contribution in [0, 0.1) is 0 Å². The fraction of sp³-hybridized carbons (Fsp3) is 0.619. The minimum absolute atomic E-state index is 0.0754. The molecule has 152 valence electrons. The van der Waals surface area contributed by atoms with Crippen LogP contribution in [0.4, 0.5) is 8.78 Å². The molecule has 1 aromatic rings. The molecule has 28 heavy (non-hydrogen) atoms. The van der Waals surface area contributed by atoms with Crippen LogP contribution in [0.5, 0.6) is 0 Å². The Hall–Kier alpha value is -2.02. The number of piperidine rings is 1. The molecule has 3 atom stereocenters. The number of fused-ring (bicyclic) bond motifs is 1. The molecule has 1 aliphatic carbocycles. The standard InChI is InChI=1S/C21H27F2N3O2/c1-25-11-15(4-7-18(25)27)13-2-5-16-14(10-13)3-6-17(16)19(24)20(28)26-9-8-21(22,23)12-26/h2,5,10,15,17,19H,3-4,6-9,11-12,24H2,1H3/t15?,17-,19-/m0/s1. The lowest BCUT2D eigenvalue weighted by atomic mass is 9.87. The van der Waals surface area contributed by atoms with E-state index in [9.17, 15) is 18.4 Å². The summed E-state index contributed by atoms with van der Waals surface area (Å²) in [5.41, 5.74) is 9.72. The van der Waals surface area contributed by atoms with Gasteiger partial charge in [-0.2, -0.15) is 0 Å². The second-order valence-electron chi connectivity index (χ2n) is 8.50. The first-order valence-electron chi connectivity index (χ1n) is 10.0. The van der Waals surface area contributed by atoms with Gasteiger partial charge in [-0.25, -0.2) is 8.78 Å². The monoisotopic (exact) mass is 391 g/mol. The van der Waals surface area contributed by atoms with Crippen molar-refractivity contribution in [3.8, 4) is 0 Å². The van der Waals surface area contributed by atoms with Crippen molar-refractivity contribution in [1.29, 1.82) is 0 Å². The molecule has 2 fully saturated rings. The Morgan fingerprint density at radius 3 is 2.75 bits per heavy atom. The molecule has 2 amide bonds. The fourth-order valence-corrected chi connectivity index (χ4v) is 4.89. The number of hydrogen-bond donors (Lipinski definition) is 1. The average molecular weight is 391 g/mol. The van der Waals surface area contributed by atoms with Crippen LogP contribution in [0.3, 0.4) is 0 Å². The van der Waals surface area contributed by atoms with E-state index in [1.54, 1.807) is 4.90 Å². The summed E-state index contributed by atoms with van der Waals surface area (Å²) in [4.78, 5) is 27.4. The first kappa shape index (κ1) is 19.3. The quantitative estimate of drug-likeness (QED) is 0.859. The van der Waals surface area contributed by atoms with Gasteiger partial charge in [0.05, 0.1) is 12.6 Å². The van der Waals surface area contributed by atoms with Crippen LogP contribution in [-0.2, 0) is 16.0 Å². The molecule has 0 bridgehead atoms. The number of amides is 2. The van der Waals surface area contributed by atoms with Gasteiger partial charge < -0.3 is 15.5 Å². The molecule has 4 rings (SSSR count). The summed E-state index contributed by atoms with van der Waals surface area (Å²) >= 11 is 0. The van der Waals surface area contributed by atoms with Gasteiger partial charge in [0, 0.05) is 44.8 Å². The largest absolute Gasteiger partial charge is 0.345 e. The number of likely N-dealkylation sites (tertiary alicyclic amines) is 2. The van der Waals surface area contributed by atoms with Gasteiger partial charge in [0.2, 0.25) is 11.8 Å². The second kappa shape index (κ2) is 7.10. The van der Waals surface area contributed by atoms with Gasteiger partial charge >= 0.3 is 0 Å². The zero-order valence-electron chi connectivity index (χ0n) is 16.2. The van der Waals surface area contributed by atoms with Gasteiger partial charge in [0.15, 0.2) is 0 Å². The van der Waals surface area contributed by atoms with Gasteiger partial charge in [-0.3, -0.25) is 9.59 Å².